The second-order valence-corrected chi connectivity index (χ2v) is 8.35. The van der Waals surface area contributed by atoms with E-state index in [1.165, 1.54) is 6.07 Å². The van der Waals surface area contributed by atoms with Gasteiger partial charge < -0.3 is 14.8 Å². The summed E-state index contributed by atoms with van der Waals surface area (Å²) in [6, 6.07) is 2.38. The van der Waals surface area contributed by atoms with Gasteiger partial charge in [-0.3, -0.25) is 0 Å². The predicted molar refractivity (Wildman–Crippen MR) is 108 cm³/mol. The quantitative estimate of drug-likeness (QED) is 0.711. The summed E-state index contributed by atoms with van der Waals surface area (Å²) in [7, 11) is 0. The summed E-state index contributed by atoms with van der Waals surface area (Å²) in [6.07, 6.45) is -0.273. The van der Waals surface area contributed by atoms with Crippen molar-refractivity contribution in [1.82, 2.24) is 9.97 Å². The number of carbonyl (C=O) groups excluding carboxylic acids is 1. The molecular formula is C21H25F3N4O3. The van der Waals surface area contributed by atoms with E-state index in [2.05, 4.69) is 15.3 Å². The Morgan fingerprint density at radius 1 is 1.19 bits per heavy atom. The van der Waals surface area contributed by atoms with E-state index in [1.807, 2.05) is 20.8 Å². The van der Waals surface area contributed by atoms with Gasteiger partial charge in [-0.15, -0.1) is 0 Å². The largest absolute Gasteiger partial charge is 0.447 e. The normalized spacial score (nSPS) is 18.6. The lowest BCUT2D eigenvalue weighted by Gasteiger charge is -2.31. The highest BCUT2D eigenvalue weighted by molar-refractivity contribution is 5.89. The lowest BCUT2D eigenvalue weighted by Crippen LogP contribution is -2.45. The van der Waals surface area contributed by atoms with Crippen LogP contribution in [0.1, 0.15) is 46.2 Å². The monoisotopic (exact) mass is 438 g/mol. The Bertz CT molecular complexity index is 967. The second-order valence-electron chi connectivity index (χ2n) is 8.35. The van der Waals surface area contributed by atoms with Crippen molar-refractivity contribution in [3.8, 4) is 0 Å². The number of aromatic nitrogens is 2. The van der Waals surface area contributed by atoms with Crippen LogP contribution in [0.5, 0.6) is 0 Å². The van der Waals surface area contributed by atoms with Crippen LogP contribution >= 0.6 is 0 Å². The summed E-state index contributed by atoms with van der Waals surface area (Å²) < 4.78 is 52.3. The number of rotatable bonds is 6. The van der Waals surface area contributed by atoms with Crippen LogP contribution in [-0.2, 0) is 9.47 Å². The molecule has 1 aliphatic heterocycles. The van der Waals surface area contributed by atoms with Crippen molar-refractivity contribution in [1.29, 1.82) is 0 Å². The zero-order valence-electron chi connectivity index (χ0n) is 17.9. The summed E-state index contributed by atoms with van der Waals surface area (Å²) in [5.74, 6) is -3.00. The third kappa shape index (κ3) is 5.25. The van der Waals surface area contributed by atoms with Crippen LogP contribution in [0.15, 0.2) is 24.4 Å². The highest BCUT2D eigenvalue weighted by Gasteiger charge is 2.41. The summed E-state index contributed by atoms with van der Waals surface area (Å²) in [6.45, 7) is 9.10. The van der Waals surface area contributed by atoms with Crippen molar-refractivity contribution < 1.29 is 27.4 Å². The summed E-state index contributed by atoms with van der Waals surface area (Å²) in [4.78, 5) is 21.5. The highest BCUT2D eigenvalue weighted by Crippen LogP contribution is 2.29. The maximum absolute atomic E-state index is 14.6. The summed E-state index contributed by atoms with van der Waals surface area (Å²) in [5, 5.41) is 2.91. The van der Waals surface area contributed by atoms with Gasteiger partial charge in [0.25, 0.3) is 0 Å². The van der Waals surface area contributed by atoms with Crippen molar-refractivity contribution in [3.05, 3.63) is 47.4 Å². The van der Waals surface area contributed by atoms with Gasteiger partial charge in [0.1, 0.15) is 12.6 Å². The van der Waals surface area contributed by atoms with Crippen molar-refractivity contribution in [2.75, 3.05) is 16.8 Å². The van der Waals surface area contributed by atoms with Crippen LogP contribution in [0.25, 0.3) is 0 Å². The van der Waals surface area contributed by atoms with E-state index >= 15 is 0 Å². The summed E-state index contributed by atoms with van der Waals surface area (Å²) in [5.41, 5.74) is -0.0351. The predicted octanol–water partition coefficient (Wildman–Crippen LogP) is 4.60. The average Bonchev–Trinajstić information content (AvgIpc) is 3.05. The zero-order valence-corrected chi connectivity index (χ0v) is 17.9. The Hall–Kier alpha value is -2.88. The minimum Gasteiger partial charge on any atom is -0.447 e. The first-order valence-corrected chi connectivity index (χ1v) is 9.84. The maximum Gasteiger partial charge on any atom is 0.416 e. The third-order valence-electron chi connectivity index (χ3n) is 4.73. The Balaban J connectivity index is 1.85. The van der Waals surface area contributed by atoms with Crippen LogP contribution in [0.4, 0.5) is 29.7 Å². The first-order valence-electron chi connectivity index (χ1n) is 9.84. The van der Waals surface area contributed by atoms with E-state index < -0.39 is 47.3 Å². The minimum absolute atomic E-state index is 0.0106. The molecule has 2 heterocycles. The smallest absolute Gasteiger partial charge is 0.416 e. The fourth-order valence-corrected chi connectivity index (χ4v) is 3.32. The minimum atomic E-state index is -0.984. The van der Waals surface area contributed by atoms with Crippen molar-refractivity contribution >= 4 is 17.9 Å². The number of halogens is 3. The lowest BCUT2D eigenvalue weighted by molar-refractivity contribution is -0.0618. The van der Waals surface area contributed by atoms with Crippen molar-refractivity contribution in [2.24, 2.45) is 0 Å². The number of hydrogen-bond donors (Lipinski definition) is 1. The van der Waals surface area contributed by atoms with Crippen LogP contribution < -0.4 is 10.2 Å². The Labute approximate surface area is 178 Å². The fraction of sp³-hybridized carbons (Fsp3) is 0.476. The molecule has 10 heteroatoms. The molecule has 168 valence electrons. The van der Waals surface area contributed by atoms with E-state index in [0.717, 1.165) is 23.2 Å². The Kier molecular flexibility index (Phi) is 6.40. The first kappa shape index (κ1) is 22.8. The van der Waals surface area contributed by atoms with E-state index in [-0.39, 0.29) is 18.4 Å². The average molecular weight is 438 g/mol. The molecule has 2 aromatic rings. The number of ether oxygens (including phenoxy) is 2. The number of carbonyl (C=O) groups is 1. The Morgan fingerprint density at radius 2 is 1.90 bits per heavy atom. The molecule has 7 nitrogen and oxygen atoms in total. The molecule has 3 rings (SSSR count). The molecule has 1 N–H and O–H groups in total. The lowest BCUT2D eigenvalue weighted by atomic mass is 10.1. The molecule has 0 aliphatic carbocycles. The molecule has 0 radical (unpaired) electrons. The van der Waals surface area contributed by atoms with E-state index in [1.54, 1.807) is 13.8 Å². The molecule has 0 unspecified atom stereocenters. The summed E-state index contributed by atoms with van der Waals surface area (Å²) >= 11 is 0. The van der Waals surface area contributed by atoms with Crippen LogP contribution in [0.3, 0.4) is 0 Å². The van der Waals surface area contributed by atoms with E-state index in [0.29, 0.717) is 5.56 Å². The van der Waals surface area contributed by atoms with Crippen molar-refractivity contribution in [2.45, 2.75) is 58.4 Å². The third-order valence-corrected chi connectivity index (χ3v) is 4.73. The molecule has 0 saturated carbocycles. The number of cyclic esters (lactones) is 1. The molecule has 0 spiro atoms. The van der Waals surface area contributed by atoms with Gasteiger partial charge in [0.05, 0.1) is 23.9 Å². The van der Waals surface area contributed by atoms with Gasteiger partial charge in [0.15, 0.2) is 23.3 Å². The number of benzene rings is 1. The number of nitrogens with zero attached hydrogens (tertiary/aromatic N) is 3. The van der Waals surface area contributed by atoms with Crippen LogP contribution in [0, 0.1) is 17.5 Å². The highest BCUT2D eigenvalue weighted by atomic mass is 19.2. The van der Waals surface area contributed by atoms with Crippen LogP contribution in [0.2, 0.25) is 0 Å². The first-order chi connectivity index (χ1) is 14.5. The van der Waals surface area contributed by atoms with Gasteiger partial charge in [0.2, 0.25) is 5.95 Å². The van der Waals surface area contributed by atoms with Crippen molar-refractivity contribution in [3.63, 3.8) is 0 Å². The van der Waals surface area contributed by atoms with Crippen LogP contribution in [-0.4, -0.2) is 40.4 Å². The van der Waals surface area contributed by atoms with Gasteiger partial charge in [-0.05, 0) is 52.3 Å². The number of hydrogen-bond acceptors (Lipinski definition) is 6. The molecule has 1 fully saturated rings. The molecule has 1 aromatic heterocycles. The molecule has 1 saturated heterocycles. The van der Waals surface area contributed by atoms with Gasteiger partial charge in [-0.2, -0.15) is 4.98 Å². The Morgan fingerprint density at radius 3 is 2.55 bits per heavy atom. The van der Waals surface area contributed by atoms with E-state index in [4.69, 9.17) is 9.47 Å². The van der Waals surface area contributed by atoms with Gasteiger partial charge >= 0.3 is 6.09 Å². The number of amides is 1. The maximum atomic E-state index is 14.6. The molecule has 0 bridgehead atoms. The standard InChI is InChI=1S/C21H25F3N4O3/c1-11(13-6-7-14(22)15(23)8-13)26-19-25-9-16(24)18(27-19)28-17(10-30-20(28)29)12(2)31-21(3,4)5/h6-9,11-12,17H,10H2,1-5H3,(H,25,26,27)/t11-,12+,17+/m0/s1. The topological polar surface area (TPSA) is 76.6 Å². The van der Waals surface area contributed by atoms with Gasteiger partial charge in [-0.25, -0.2) is 27.8 Å². The number of anilines is 2. The molecule has 1 aromatic carbocycles. The molecule has 1 aliphatic rings. The molecule has 3 atom stereocenters. The molecular weight excluding hydrogens is 413 g/mol. The fourth-order valence-electron chi connectivity index (χ4n) is 3.32. The molecule has 1 amide bonds. The zero-order chi connectivity index (χ0) is 22.9. The second kappa shape index (κ2) is 8.70. The SMILES string of the molecule is C[C@H](Nc1ncc(F)c(N2C(=O)OC[C@@H]2[C@@H](C)OC(C)(C)C)n1)c1ccc(F)c(F)c1. The number of nitrogens with one attached hydrogen (secondary N) is 1. The van der Waals surface area contributed by atoms with E-state index in [9.17, 15) is 18.0 Å². The molecule has 31 heavy (non-hydrogen) atoms. The van der Waals surface area contributed by atoms with Gasteiger partial charge in [-0.1, -0.05) is 6.07 Å². The van der Waals surface area contributed by atoms with Gasteiger partial charge in [0, 0.05) is 0 Å².